The Bertz CT molecular complexity index is 1780. The van der Waals surface area contributed by atoms with Crippen molar-refractivity contribution in [3.8, 4) is 10.6 Å². The Balaban J connectivity index is 1.44. The first kappa shape index (κ1) is 34.0. The summed E-state index contributed by atoms with van der Waals surface area (Å²) in [7, 11) is 0. The predicted molar refractivity (Wildman–Crippen MR) is 197 cm³/mol. The zero-order chi connectivity index (χ0) is 33.7. The molecular weight excluding hydrogens is 603 g/mol. The van der Waals surface area contributed by atoms with Crippen LogP contribution >= 0.6 is 11.3 Å². The number of nitrogens with two attached hydrogens (primary N) is 1. The highest BCUT2D eigenvalue weighted by atomic mass is 32.1. The van der Waals surface area contributed by atoms with E-state index in [1.54, 1.807) is 11.3 Å². The molecule has 2 aromatic carbocycles. The van der Waals surface area contributed by atoms with Crippen LogP contribution in [0.4, 0.5) is 5.82 Å². The molecule has 0 unspecified atom stereocenters. The van der Waals surface area contributed by atoms with Crippen molar-refractivity contribution in [3.63, 3.8) is 0 Å². The van der Waals surface area contributed by atoms with Gasteiger partial charge in [0.15, 0.2) is 5.69 Å². The lowest BCUT2D eigenvalue weighted by Gasteiger charge is -2.35. The predicted octanol–water partition coefficient (Wildman–Crippen LogP) is 9.03. The number of aromatic nitrogens is 2. The second-order valence-corrected chi connectivity index (χ2v) is 14.7. The van der Waals surface area contributed by atoms with Gasteiger partial charge in [0.2, 0.25) is 0 Å². The number of hydrogen-bond acceptors (Lipinski definition) is 7. The molecule has 0 aliphatic carbocycles. The monoisotopic (exact) mass is 649 g/mol. The second-order valence-electron chi connectivity index (χ2n) is 13.6. The van der Waals surface area contributed by atoms with Crippen molar-refractivity contribution in [2.75, 3.05) is 18.0 Å². The number of fused-ring (bicyclic) bond motifs is 2. The van der Waals surface area contributed by atoms with Gasteiger partial charge in [-0.05, 0) is 85.3 Å². The van der Waals surface area contributed by atoms with Gasteiger partial charge in [-0.25, -0.2) is 14.8 Å². The third kappa shape index (κ3) is 7.65. The van der Waals surface area contributed by atoms with Crippen molar-refractivity contribution < 1.29 is 9.90 Å². The average Bonchev–Trinajstić information content (AvgIpc) is 3.47. The van der Waals surface area contributed by atoms with Crippen molar-refractivity contribution >= 4 is 44.6 Å². The fourth-order valence-corrected chi connectivity index (χ4v) is 8.25. The Hall–Kier alpha value is -4.30. The van der Waals surface area contributed by atoms with Gasteiger partial charge in [-0.1, -0.05) is 64.1 Å². The number of pyridine rings is 1. The molecule has 1 aliphatic heterocycles. The van der Waals surface area contributed by atoms with Crippen molar-refractivity contribution in [1.82, 2.24) is 9.97 Å². The Labute approximate surface area is 283 Å². The third-order valence-corrected chi connectivity index (χ3v) is 10.0. The Kier molecular flexibility index (Phi) is 10.6. The van der Waals surface area contributed by atoms with Gasteiger partial charge >= 0.3 is 5.97 Å². The standard InChI is InChI=1S/C39H47N5O2S/c1-7-18-39(20-25(2)3,21-26(4)5)24-41-27(6)31(22-40)29-15-16-35(43-36(29)38(45)46)44-19-17-28-11-10-12-30(32(28)23-44)37-42-33-13-8-9-14-34(33)47-37/h7-16,22,25-26H,1,17-21,23-24,40H2,2-6H3,(H,45,46). The summed E-state index contributed by atoms with van der Waals surface area (Å²) in [5, 5.41) is 11.3. The zero-order valence-electron chi connectivity index (χ0n) is 28.3. The van der Waals surface area contributed by atoms with Gasteiger partial charge in [0.1, 0.15) is 10.8 Å². The maximum absolute atomic E-state index is 12.7. The summed E-state index contributed by atoms with van der Waals surface area (Å²) < 4.78 is 1.16. The number of nitrogens with zero attached hydrogens (tertiary/aromatic N) is 4. The van der Waals surface area contributed by atoms with Crippen LogP contribution < -0.4 is 10.6 Å². The number of allylic oxidation sites excluding steroid dienone is 2. The van der Waals surface area contributed by atoms with Crippen LogP contribution in [-0.4, -0.2) is 39.8 Å². The summed E-state index contributed by atoms with van der Waals surface area (Å²) in [6.45, 7) is 16.9. The molecule has 3 N–H and O–H groups in total. The van der Waals surface area contributed by atoms with E-state index in [1.807, 2.05) is 43.3 Å². The van der Waals surface area contributed by atoms with Crippen LogP contribution in [0.15, 0.2) is 78.4 Å². The quantitative estimate of drug-likeness (QED) is 0.111. The van der Waals surface area contributed by atoms with Gasteiger partial charge < -0.3 is 15.7 Å². The number of carboxylic acid groups (broad SMARTS) is 1. The highest BCUT2D eigenvalue weighted by Crippen LogP contribution is 2.39. The van der Waals surface area contributed by atoms with Crippen molar-refractivity contribution in [2.24, 2.45) is 28.0 Å². The molecule has 0 amide bonds. The molecule has 0 radical (unpaired) electrons. The second kappa shape index (κ2) is 14.6. The molecule has 0 bridgehead atoms. The van der Waals surface area contributed by atoms with Crippen LogP contribution in [-0.2, 0) is 13.0 Å². The minimum Gasteiger partial charge on any atom is -0.476 e. The van der Waals surface area contributed by atoms with Crippen molar-refractivity contribution in [3.05, 3.63) is 95.8 Å². The first-order valence-corrected chi connectivity index (χ1v) is 17.4. The van der Waals surface area contributed by atoms with Crippen LogP contribution in [0.5, 0.6) is 0 Å². The molecule has 5 rings (SSSR count). The van der Waals surface area contributed by atoms with E-state index in [9.17, 15) is 9.90 Å². The third-order valence-electron chi connectivity index (χ3n) is 8.96. The molecule has 3 heterocycles. The topological polar surface area (TPSA) is 105 Å². The molecule has 8 heteroatoms. The van der Waals surface area contributed by atoms with E-state index in [4.69, 9.17) is 20.7 Å². The van der Waals surface area contributed by atoms with Crippen molar-refractivity contribution in [1.29, 1.82) is 0 Å². The van der Waals surface area contributed by atoms with Gasteiger partial charge in [0.25, 0.3) is 0 Å². The SMILES string of the molecule is C=CCC(CN=C(C)C(=CN)c1ccc(N2CCc3cccc(-c4nc5ccccc5s4)c3C2)nc1C(=O)O)(CC(C)C)CC(C)C. The normalized spacial score (nSPS) is 14.2. The van der Waals surface area contributed by atoms with Gasteiger partial charge in [0, 0.05) is 48.2 Å². The smallest absolute Gasteiger partial charge is 0.355 e. The summed E-state index contributed by atoms with van der Waals surface area (Å²) in [6.07, 6.45) is 7.24. The Morgan fingerprint density at radius 3 is 2.49 bits per heavy atom. The average molecular weight is 650 g/mol. The van der Waals surface area contributed by atoms with E-state index in [2.05, 4.69) is 63.4 Å². The van der Waals surface area contributed by atoms with Crippen LogP contribution in [0.1, 0.15) is 81.1 Å². The van der Waals surface area contributed by atoms with E-state index < -0.39 is 5.97 Å². The molecule has 0 atom stereocenters. The summed E-state index contributed by atoms with van der Waals surface area (Å²) in [5.41, 5.74) is 12.5. The number of aliphatic imine (C=N–C) groups is 1. The first-order valence-electron chi connectivity index (χ1n) is 16.5. The molecule has 1 aliphatic rings. The first-order chi connectivity index (χ1) is 22.5. The highest BCUT2D eigenvalue weighted by Gasteiger charge is 2.31. The van der Waals surface area contributed by atoms with Crippen LogP contribution in [0.25, 0.3) is 26.4 Å². The van der Waals surface area contributed by atoms with E-state index in [0.29, 0.717) is 47.6 Å². The van der Waals surface area contributed by atoms with Gasteiger partial charge in [-0.3, -0.25) is 4.99 Å². The summed E-state index contributed by atoms with van der Waals surface area (Å²) >= 11 is 1.69. The molecule has 0 saturated heterocycles. The number of aromatic carboxylic acids is 1. The molecule has 0 spiro atoms. The molecule has 4 aromatic rings. The molecule has 7 nitrogen and oxygen atoms in total. The number of rotatable bonds is 13. The van der Waals surface area contributed by atoms with Crippen LogP contribution in [0.2, 0.25) is 0 Å². The fourth-order valence-electron chi connectivity index (χ4n) is 7.23. The Morgan fingerprint density at radius 2 is 1.83 bits per heavy atom. The van der Waals surface area contributed by atoms with Gasteiger partial charge in [-0.2, -0.15) is 0 Å². The number of carboxylic acids is 1. The van der Waals surface area contributed by atoms with E-state index >= 15 is 0 Å². The van der Waals surface area contributed by atoms with E-state index in [1.165, 1.54) is 17.3 Å². The number of carbonyl (C=O) groups is 1. The summed E-state index contributed by atoms with van der Waals surface area (Å²) in [4.78, 5) is 29.5. The molecule has 0 saturated carbocycles. The number of thiazole rings is 1. The number of anilines is 1. The summed E-state index contributed by atoms with van der Waals surface area (Å²) in [6, 6.07) is 18.3. The molecule has 0 fully saturated rings. The minimum absolute atomic E-state index is 0.0163. The Morgan fingerprint density at radius 1 is 1.09 bits per heavy atom. The summed E-state index contributed by atoms with van der Waals surface area (Å²) in [5.74, 6) is 0.564. The highest BCUT2D eigenvalue weighted by molar-refractivity contribution is 7.21. The lowest BCUT2D eigenvalue weighted by molar-refractivity contribution is 0.0690. The largest absolute Gasteiger partial charge is 0.476 e. The van der Waals surface area contributed by atoms with Crippen LogP contribution in [0, 0.1) is 17.3 Å². The zero-order valence-corrected chi connectivity index (χ0v) is 29.1. The number of hydrogen-bond donors (Lipinski definition) is 2. The lowest BCUT2D eigenvalue weighted by atomic mass is 9.72. The van der Waals surface area contributed by atoms with Crippen molar-refractivity contribution in [2.45, 2.75) is 66.8 Å². The van der Waals surface area contributed by atoms with Gasteiger partial charge in [0.05, 0.1) is 10.2 Å². The maximum Gasteiger partial charge on any atom is 0.355 e. The molecular formula is C39H47N5O2S. The van der Waals surface area contributed by atoms with E-state index in [0.717, 1.165) is 53.0 Å². The molecule has 2 aromatic heterocycles. The number of benzene rings is 2. The molecule has 246 valence electrons. The minimum atomic E-state index is -1.10. The van der Waals surface area contributed by atoms with Gasteiger partial charge in [-0.15, -0.1) is 17.9 Å². The fraction of sp³-hybridized carbons (Fsp3) is 0.385. The lowest BCUT2D eigenvalue weighted by Crippen LogP contribution is -2.32. The number of para-hydroxylation sites is 1. The van der Waals surface area contributed by atoms with E-state index in [-0.39, 0.29) is 11.1 Å². The maximum atomic E-state index is 12.7. The van der Waals surface area contributed by atoms with Crippen LogP contribution in [0.3, 0.4) is 0 Å². The molecule has 47 heavy (non-hydrogen) atoms.